The van der Waals surface area contributed by atoms with E-state index in [-0.39, 0.29) is 18.4 Å². The Kier molecular flexibility index (Phi) is 2.71. The third-order valence-corrected chi connectivity index (χ3v) is 3.08. The van der Waals surface area contributed by atoms with Crippen molar-refractivity contribution in [3.05, 3.63) is 41.0 Å². The summed E-state index contributed by atoms with van der Waals surface area (Å²) in [6, 6.07) is 7.23. The van der Waals surface area contributed by atoms with Crippen LogP contribution in [0.3, 0.4) is 0 Å². The van der Waals surface area contributed by atoms with Gasteiger partial charge in [0, 0.05) is 16.8 Å². The molecular weight excluding hydrogens is 216 g/mol. The van der Waals surface area contributed by atoms with Crippen LogP contribution in [-0.2, 0) is 16.1 Å². The van der Waals surface area contributed by atoms with Crippen molar-refractivity contribution >= 4 is 17.5 Å². The Labute approximate surface area is 99.7 Å². The maximum Gasteiger partial charge on any atom is 0.257 e. The number of rotatable bonds is 2. The summed E-state index contributed by atoms with van der Waals surface area (Å²) in [5, 5.41) is 0. The van der Waals surface area contributed by atoms with Gasteiger partial charge in [-0.05, 0) is 25.5 Å². The van der Waals surface area contributed by atoms with E-state index in [1.54, 1.807) is 19.9 Å². The normalized spacial score (nSPS) is 16.0. The van der Waals surface area contributed by atoms with Gasteiger partial charge in [-0.15, -0.1) is 0 Å². The number of para-hydroxylation sites is 1. The van der Waals surface area contributed by atoms with Gasteiger partial charge >= 0.3 is 0 Å². The Morgan fingerprint density at radius 2 is 1.59 bits per heavy atom. The summed E-state index contributed by atoms with van der Waals surface area (Å²) in [7, 11) is 0. The number of amides is 2. The van der Waals surface area contributed by atoms with Gasteiger partial charge in [0.2, 0.25) is 0 Å². The minimum atomic E-state index is -0.226. The van der Waals surface area contributed by atoms with E-state index in [0.29, 0.717) is 16.8 Å². The van der Waals surface area contributed by atoms with Crippen molar-refractivity contribution in [1.82, 2.24) is 4.90 Å². The van der Waals surface area contributed by atoms with Gasteiger partial charge in [0.15, 0.2) is 0 Å². The molecule has 1 heterocycles. The Balaban J connectivity index is 2.26. The van der Waals surface area contributed by atoms with Crippen LogP contribution in [0.5, 0.6) is 0 Å². The zero-order valence-corrected chi connectivity index (χ0v) is 9.86. The number of nitrogens with two attached hydrogens (primary N) is 1. The van der Waals surface area contributed by atoms with Crippen molar-refractivity contribution < 1.29 is 9.59 Å². The first-order valence-electron chi connectivity index (χ1n) is 5.39. The van der Waals surface area contributed by atoms with Gasteiger partial charge in [-0.1, -0.05) is 18.2 Å². The molecule has 0 saturated carbocycles. The Bertz CT molecular complexity index is 508. The van der Waals surface area contributed by atoms with Crippen LogP contribution in [0.1, 0.15) is 19.4 Å². The fourth-order valence-corrected chi connectivity index (χ4v) is 1.81. The van der Waals surface area contributed by atoms with Gasteiger partial charge in [-0.2, -0.15) is 0 Å². The van der Waals surface area contributed by atoms with Crippen molar-refractivity contribution in [3.8, 4) is 0 Å². The van der Waals surface area contributed by atoms with Crippen molar-refractivity contribution in [1.29, 1.82) is 0 Å². The SMILES string of the molecule is CC1=C(C)C(=O)N(Cc2ccccc2N)C1=O. The van der Waals surface area contributed by atoms with E-state index in [4.69, 9.17) is 5.73 Å². The molecular formula is C13H14N2O2. The quantitative estimate of drug-likeness (QED) is 0.618. The maximum atomic E-state index is 11.8. The summed E-state index contributed by atoms with van der Waals surface area (Å²) in [4.78, 5) is 24.9. The summed E-state index contributed by atoms with van der Waals surface area (Å²) in [5.41, 5.74) is 8.21. The molecule has 2 rings (SSSR count). The van der Waals surface area contributed by atoms with E-state index >= 15 is 0 Å². The third kappa shape index (κ3) is 1.82. The van der Waals surface area contributed by atoms with E-state index in [2.05, 4.69) is 0 Å². The molecule has 0 unspecified atom stereocenters. The lowest BCUT2D eigenvalue weighted by molar-refractivity contribution is -0.138. The second-order valence-electron chi connectivity index (χ2n) is 4.15. The first-order valence-corrected chi connectivity index (χ1v) is 5.39. The summed E-state index contributed by atoms with van der Waals surface area (Å²) >= 11 is 0. The number of imide groups is 1. The predicted octanol–water partition coefficient (Wildman–Crippen LogP) is 1.47. The summed E-state index contributed by atoms with van der Waals surface area (Å²) in [6.45, 7) is 3.58. The van der Waals surface area contributed by atoms with E-state index in [1.165, 1.54) is 4.90 Å². The number of hydrogen-bond donors (Lipinski definition) is 1. The highest BCUT2D eigenvalue weighted by Crippen LogP contribution is 2.23. The van der Waals surface area contributed by atoms with Crippen LogP contribution in [0.15, 0.2) is 35.4 Å². The van der Waals surface area contributed by atoms with Crippen LogP contribution in [0.2, 0.25) is 0 Å². The largest absolute Gasteiger partial charge is 0.398 e. The molecule has 0 spiro atoms. The lowest BCUT2D eigenvalue weighted by Gasteiger charge is -2.16. The highest BCUT2D eigenvalue weighted by Gasteiger charge is 2.33. The number of nitrogen functional groups attached to an aromatic ring is 1. The molecule has 1 aliphatic rings. The average Bonchev–Trinajstić information content (AvgIpc) is 2.50. The van der Waals surface area contributed by atoms with Gasteiger partial charge in [-0.3, -0.25) is 14.5 Å². The molecule has 0 aliphatic carbocycles. The Morgan fingerprint density at radius 1 is 1.06 bits per heavy atom. The van der Waals surface area contributed by atoms with Crippen LogP contribution in [-0.4, -0.2) is 16.7 Å². The fraction of sp³-hybridized carbons (Fsp3) is 0.231. The van der Waals surface area contributed by atoms with Gasteiger partial charge in [-0.25, -0.2) is 0 Å². The lowest BCUT2D eigenvalue weighted by Crippen LogP contribution is -2.31. The van der Waals surface area contributed by atoms with Crippen molar-refractivity contribution in [2.75, 3.05) is 5.73 Å². The molecule has 1 aromatic carbocycles. The standard InChI is InChI=1S/C13H14N2O2/c1-8-9(2)13(17)15(12(8)16)7-10-5-3-4-6-11(10)14/h3-6H,7,14H2,1-2H3. The monoisotopic (exact) mass is 230 g/mol. The highest BCUT2D eigenvalue weighted by atomic mass is 16.2. The smallest absolute Gasteiger partial charge is 0.257 e. The van der Waals surface area contributed by atoms with E-state index in [1.807, 2.05) is 18.2 Å². The molecule has 0 aromatic heterocycles. The molecule has 2 amide bonds. The minimum absolute atomic E-state index is 0.226. The first kappa shape index (κ1) is 11.4. The molecule has 0 radical (unpaired) electrons. The number of hydrogen-bond acceptors (Lipinski definition) is 3. The summed E-state index contributed by atoms with van der Waals surface area (Å²) in [6.07, 6.45) is 0. The average molecular weight is 230 g/mol. The van der Waals surface area contributed by atoms with Gasteiger partial charge in [0.25, 0.3) is 11.8 Å². The molecule has 1 aromatic rings. The maximum absolute atomic E-state index is 11.8. The Morgan fingerprint density at radius 3 is 2.12 bits per heavy atom. The Hall–Kier alpha value is -2.10. The molecule has 1 aliphatic heterocycles. The van der Waals surface area contributed by atoms with Crippen molar-refractivity contribution in [2.45, 2.75) is 20.4 Å². The molecule has 4 heteroatoms. The molecule has 2 N–H and O–H groups in total. The number of benzene rings is 1. The van der Waals surface area contributed by atoms with E-state index in [0.717, 1.165) is 5.56 Å². The number of carbonyl (C=O) groups excluding carboxylic acids is 2. The van der Waals surface area contributed by atoms with Crippen LogP contribution in [0.4, 0.5) is 5.69 Å². The second-order valence-corrected chi connectivity index (χ2v) is 4.15. The number of nitrogens with zero attached hydrogens (tertiary/aromatic N) is 1. The molecule has 0 fully saturated rings. The zero-order valence-electron chi connectivity index (χ0n) is 9.86. The third-order valence-electron chi connectivity index (χ3n) is 3.08. The van der Waals surface area contributed by atoms with Gasteiger partial charge < -0.3 is 5.73 Å². The molecule has 88 valence electrons. The lowest BCUT2D eigenvalue weighted by atomic mass is 10.1. The minimum Gasteiger partial charge on any atom is -0.398 e. The van der Waals surface area contributed by atoms with Crippen molar-refractivity contribution in [3.63, 3.8) is 0 Å². The van der Waals surface area contributed by atoms with Crippen LogP contribution < -0.4 is 5.73 Å². The molecule has 0 atom stereocenters. The van der Waals surface area contributed by atoms with E-state index < -0.39 is 0 Å². The molecule has 4 nitrogen and oxygen atoms in total. The van der Waals surface area contributed by atoms with Crippen LogP contribution in [0, 0.1) is 0 Å². The zero-order chi connectivity index (χ0) is 12.6. The highest BCUT2D eigenvalue weighted by molar-refractivity contribution is 6.18. The van der Waals surface area contributed by atoms with Gasteiger partial charge in [0.05, 0.1) is 6.54 Å². The first-order chi connectivity index (χ1) is 8.02. The number of carbonyl (C=O) groups is 2. The van der Waals surface area contributed by atoms with E-state index in [9.17, 15) is 9.59 Å². The van der Waals surface area contributed by atoms with Crippen LogP contribution >= 0.6 is 0 Å². The topological polar surface area (TPSA) is 63.4 Å². The fourth-order valence-electron chi connectivity index (χ4n) is 1.81. The van der Waals surface area contributed by atoms with Crippen LogP contribution in [0.25, 0.3) is 0 Å². The van der Waals surface area contributed by atoms with Gasteiger partial charge in [0.1, 0.15) is 0 Å². The molecule has 17 heavy (non-hydrogen) atoms. The summed E-state index contributed by atoms with van der Waals surface area (Å²) < 4.78 is 0. The second kappa shape index (κ2) is 4.05. The summed E-state index contributed by atoms with van der Waals surface area (Å²) in [5.74, 6) is -0.452. The van der Waals surface area contributed by atoms with Crippen molar-refractivity contribution in [2.24, 2.45) is 0 Å². The predicted molar refractivity (Wildman–Crippen MR) is 64.8 cm³/mol. The molecule has 0 bridgehead atoms. The number of anilines is 1. The molecule has 0 saturated heterocycles.